The van der Waals surface area contributed by atoms with E-state index in [0.29, 0.717) is 6.61 Å². The van der Waals surface area contributed by atoms with Crippen molar-refractivity contribution in [2.75, 3.05) is 6.61 Å². The van der Waals surface area contributed by atoms with E-state index < -0.39 is 11.4 Å². The van der Waals surface area contributed by atoms with Crippen molar-refractivity contribution in [3.05, 3.63) is 21.0 Å². The molecule has 156 valence electrons. The number of ether oxygens (including phenoxy) is 1. The van der Waals surface area contributed by atoms with Crippen molar-refractivity contribution in [1.82, 2.24) is 15.0 Å². The molecule has 1 aromatic heterocycles. The fraction of sp³-hybridized carbons (Fsp3) is 0.857. The van der Waals surface area contributed by atoms with E-state index in [1.807, 2.05) is 4.98 Å². The quantitative estimate of drug-likeness (QED) is 0.346. The van der Waals surface area contributed by atoms with Gasteiger partial charge in [-0.15, -0.1) is 4.98 Å². The van der Waals surface area contributed by atoms with Gasteiger partial charge in [-0.05, 0) is 6.42 Å². The SMILES string of the molecule is CCCCCCCCCCCCCCCCCCOc1nc(=O)[nH]c(=O)[nH]1. The van der Waals surface area contributed by atoms with Gasteiger partial charge in [0, 0.05) is 0 Å². The molecule has 0 aliphatic carbocycles. The lowest BCUT2D eigenvalue weighted by Gasteiger charge is -2.04. The van der Waals surface area contributed by atoms with E-state index in [1.165, 1.54) is 89.9 Å². The number of H-pyrrole nitrogens is 2. The Morgan fingerprint density at radius 1 is 0.667 bits per heavy atom. The first-order valence-electron chi connectivity index (χ1n) is 11.1. The van der Waals surface area contributed by atoms with E-state index in [2.05, 4.69) is 16.9 Å². The van der Waals surface area contributed by atoms with Crippen molar-refractivity contribution >= 4 is 0 Å². The molecule has 0 aromatic carbocycles. The Balaban J connectivity index is 1.79. The van der Waals surface area contributed by atoms with Crippen molar-refractivity contribution in [3.8, 4) is 6.01 Å². The molecule has 0 fully saturated rings. The minimum Gasteiger partial charge on any atom is -0.465 e. The maximum absolute atomic E-state index is 11.1. The Kier molecular flexibility index (Phi) is 14.4. The van der Waals surface area contributed by atoms with Crippen LogP contribution in [0.15, 0.2) is 9.59 Å². The van der Waals surface area contributed by atoms with E-state index in [9.17, 15) is 9.59 Å². The highest BCUT2D eigenvalue weighted by Gasteiger charge is 1.99. The topological polar surface area (TPSA) is 87.8 Å². The van der Waals surface area contributed by atoms with Crippen LogP contribution in [0, 0.1) is 0 Å². The monoisotopic (exact) mass is 381 g/mol. The van der Waals surface area contributed by atoms with Gasteiger partial charge in [0.05, 0.1) is 6.61 Å². The fourth-order valence-electron chi connectivity index (χ4n) is 3.26. The molecule has 6 heteroatoms. The summed E-state index contributed by atoms with van der Waals surface area (Å²) in [5.74, 6) is 0. The van der Waals surface area contributed by atoms with Gasteiger partial charge in [0.1, 0.15) is 0 Å². The van der Waals surface area contributed by atoms with E-state index in [1.54, 1.807) is 0 Å². The molecule has 0 aliphatic rings. The highest BCUT2D eigenvalue weighted by molar-refractivity contribution is 4.87. The summed E-state index contributed by atoms with van der Waals surface area (Å²) in [7, 11) is 0. The summed E-state index contributed by atoms with van der Waals surface area (Å²) in [6.07, 6.45) is 21.2. The summed E-state index contributed by atoms with van der Waals surface area (Å²) in [6, 6.07) is 0.00436. The van der Waals surface area contributed by atoms with Crippen LogP contribution in [0.2, 0.25) is 0 Å². The summed E-state index contributed by atoms with van der Waals surface area (Å²) >= 11 is 0. The van der Waals surface area contributed by atoms with Crippen LogP contribution in [-0.4, -0.2) is 21.6 Å². The largest absolute Gasteiger partial charge is 0.465 e. The predicted octanol–water partition coefficient (Wildman–Crippen LogP) is 5.10. The third-order valence-electron chi connectivity index (χ3n) is 4.88. The first kappa shape index (κ1) is 23.4. The third kappa shape index (κ3) is 14.2. The molecular weight excluding hydrogens is 342 g/mol. The fourth-order valence-corrected chi connectivity index (χ4v) is 3.26. The number of unbranched alkanes of at least 4 members (excludes halogenated alkanes) is 15. The van der Waals surface area contributed by atoms with Gasteiger partial charge in [-0.3, -0.25) is 9.97 Å². The molecular formula is C21H39N3O3. The minimum atomic E-state index is -0.680. The van der Waals surface area contributed by atoms with Crippen LogP contribution in [0.1, 0.15) is 110 Å². The van der Waals surface area contributed by atoms with Crippen LogP contribution >= 0.6 is 0 Å². The lowest BCUT2D eigenvalue weighted by molar-refractivity contribution is 0.278. The summed E-state index contributed by atoms with van der Waals surface area (Å²) in [5.41, 5.74) is -1.27. The second-order valence-electron chi connectivity index (χ2n) is 7.45. The van der Waals surface area contributed by atoms with Crippen LogP contribution in [-0.2, 0) is 0 Å². The number of nitrogens with zero attached hydrogens (tertiary/aromatic N) is 1. The highest BCUT2D eigenvalue weighted by atomic mass is 16.5. The Labute approximate surface area is 163 Å². The van der Waals surface area contributed by atoms with Crippen molar-refractivity contribution < 1.29 is 4.74 Å². The number of hydrogen-bond acceptors (Lipinski definition) is 4. The summed E-state index contributed by atoms with van der Waals surface area (Å²) in [5, 5.41) is 0. The molecule has 27 heavy (non-hydrogen) atoms. The number of rotatable bonds is 18. The molecule has 0 saturated heterocycles. The summed E-state index contributed by atoms with van der Waals surface area (Å²) in [4.78, 5) is 30.0. The lowest BCUT2D eigenvalue weighted by atomic mass is 10.0. The standard InChI is InChI=1S/C21H39N3O3/c1-2-3-4-5-6-7-8-9-10-11-12-13-14-15-16-17-18-27-21-23-19(25)22-20(26)24-21/h2-18H2,1H3,(H2,22,23,24,25,26). The van der Waals surface area contributed by atoms with Gasteiger partial charge in [-0.2, -0.15) is 0 Å². The van der Waals surface area contributed by atoms with Crippen LogP contribution in [0.25, 0.3) is 0 Å². The van der Waals surface area contributed by atoms with E-state index in [0.717, 1.165) is 12.8 Å². The molecule has 0 aliphatic heterocycles. The lowest BCUT2D eigenvalue weighted by Crippen LogP contribution is -2.25. The number of nitrogens with one attached hydrogen (secondary N) is 2. The molecule has 0 spiro atoms. The van der Waals surface area contributed by atoms with Crippen molar-refractivity contribution in [2.45, 2.75) is 110 Å². The zero-order valence-electron chi connectivity index (χ0n) is 17.2. The maximum Gasteiger partial charge on any atom is 0.353 e. The zero-order chi connectivity index (χ0) is 19.6. The molecule has 2 N–H and O–H groups in total. The van der Waals surface area contributed by atoms with Crippen molar-refractivity contribution in [1.29, 1.82) is 0 Å². The van der Waals surface area contributed by atoms with E-state index in [4.69, 9.17) is 4.74 Å². The third-order valence-corrected chi connectivity index (χ3v) is 4.88. The van der Waals surface area contributed by atoms with Crippen LogP contribution in [0.4, 0.5) is 0 Å². The van der Waals surface area contributed by atoms with Gasteiger partial charge in [-0.25, -0.2) is 9.59 Å². The molecule has 0 saturated carbocycles. The molecule has 0 radical (unpaired) electrons. The average molecular weight is 382 g/mol. The Morgan fingerprint density at radius 2 is 1.11 bits per heavy atom. The predicted molar refractivity (Wildman–Crippen MR) is 111 cm³/mol. The molecule has 0 amide bonds. The minimum absolute atomic E-state index is 0.00436. The number of hydrogen-bond donors (Lipinski definition) is 2. The van der Waals surface area contributed by atoms with Gasteiger partial charge in [0.15, 0.2) is 0 Å². The molecule has 1 aromatic rings. The molecule has 1 rings (SSSR count). The van der Waals surface area contributed by atoms with Crippen LogP contribution in [0.5, 0.6) is 6.01 Å². The van der Waals surface area contributed by atoms with Gasteiger partial charge in [-0.1, -0.05) is 103 Å². The van der Waals surface area contributed by atoms with Gasteiger partial charge in [0.2, 0.25) is 0 Å². The Morgan fingerprint density at radius 3 is 1.56 bits per heavy atom. The molecule has 0 bridgehead atoms. The summed E-state index contributed by atoms with van der Waals surface area (Å²) in [6.45, 7) is 2.75. The van der Waals surface area contributed by atoms with Gasteiger partial charge >= 0.3 is 17.4 Å². The maximum atomic E-state index is 11.1. The van der Waals surface area contributed by atoms with Gasteiger partial charge < -0.3 is 4.74 Å². The Hall–Kier alpha value is -1.59. The number of aromatic nitrogens is 3. The zero-order valence-corrected chi connectivity index (χ0v) is 17.2. The number of aromatic amines is 2. The van der Waals surface area contributed by atoms with Crippen LogP contribution < -0.4 is 16.1 Å². The highest BCUT2D eigenvalue weighted by Crippen LogP contribution is 2.13. The second-order valence-corrected chi connectivity index (χ2v) is 7.45. The Bertz CT molecular complexity index is 540. The molecule has 0 atom stereocenters. The van der Waals surface area contributed by atoms with E-state index >= 15 is 0 Å². The first-order chi connectivity index (χ1) is 13.2. The summed E-state index contributed by atoms with van der Waals surface area (Å²) < 4.78 is 5.30. The first-order valence-corrected chi connectivity index (χ1v) is 11.1. The molecule has 1 heterocycles. The van der Waals surface area contributed by atoms with E-state index in [-0.39, 0.29) is 6.01 Å². The molecule has 0 unspecified atom stereocenters. The van der Waals surface area contributed by atoms with Crippen molar-refractivity contribution in [2.24, 2.45) is 0 Å². The smallest absolute Gasteiger partial charge is 0.353 e. The average Bonchev–Trinajstić information content (AvgIpc) is 2.63. The van der Waals surface area contributed by atoms with Gasteiger partial charge in [0.25, 0.3) is 0 Å². The normalized spacial score (nSPS) is 11.0. The molecule has 6 nitrogen and oxygen atoms in total. The second kappa shape index (κ2) is 16.6. The van der Waals surface area contributed by atoms with Crippen molar-refractivity contribution in [3.63, 3.8) is 0 Å². The van der Waals surface area contributed by atoms with Crippen LogP contribution in [0.3, 0.4) is 0 Å².